The van der Waals surface area contributed by atoms with Crippen molar-refractivity contribution in [3.63, 3.8) is 0 Å². The molecule has 2 atom stereocenters. The van der Waals surface area contributed by atoms with Gasteiger partial charge in [-0.05, 0) is 37.5 Å². The van der Waals surface area contributed by atoms with Crippen LogP contribution in [0.1, 0.15) is 19.3 Å². The first-order valence-electron chi connectivity index (χ1n) is 4.89. The lowest BCUT2D eigenvalue weighted by Gasteiger charge is -2.13. The molecular weight excluding hydrogens is 196 g/mol. The van der Waals surface area contributed by atoms with Crippen molar-refractivity contribution in [3.8, 4) is 5.75 Å². The number of thioether (sulfide) groups is 1. The first kappa shape index (κ1) is 9.87. The topological polar surface area (TPSA) is 40.5 Å². The van der Waals surface area contributed by atoms with Crippen LogP contribution in [0.2, 0.25) is 0 Å². The number of rotatable bonds is 2. The highest BCUT2D eigenvalue weighted by atomic mass is 32.2. The van der Waals surface area contributed by atoms with Crippen LogP contribution in [0.5, 0.6) is 5.75 Å². The molecule has 2 unspecified atom stereocenters. The molecule has 0 radical (unpaired) electrons. The molecule has 3 heteroatoms. The molecule has 1 aromatic rings. The summed E-state index contributed by atoms with van der Waals surface area (Å²) in [6, 6.07) is 7.21. The fourth-order valence-corrected chi connectivity index (χ4v) is 3.05. The summed E-state index contributed by atoms with van der Waals surface area (Å²) in [5, 5.41) is 19.2. The molecule has 0 bridgehead atoms. The standard InChI is InChI=1S/C11H14O2S/c12-8-3-1-4-9(7-8)14-11-6-2-5-10(11)13/h1,3-4,7,10-13H,2,5-6H2. The van der Waals surface area contributed by atoms with Crippen molar-refractivity contribution in [2.24, 2.45) is 0 Å². The third kappa shape index (κ3) is 2.22. The molecule has 76 valence electrons. The fraction of sp³-hybridized carbons (Fsp3) is 0.455. The van der Waals surface area contributed by atoms with Crippen molar-refractivity contribution < 1.29 is 10.2 Å². The fourth-order valence-electron chi connectivity index (χ4n) is 1.78. The van der Waals surface area contributed by atoms with Crippen LogP contribution in [0.15, 0.2) is 29.2 Å². The van der Waals surface area contributed by atoms with E-state index in [1.165, 1.54) is 0 Å². The van der Waals surface area contributed by atoms with Gasteiger partial charge in [0.15, 0.2) is 0 Å². The second kappa shape index (κ2) is 4.24. The van der Waals surface area contributed by atoms with Crippen LogP contribution in [0.3, 0.4) is 0 Å². The van der Waals surface area contributed by atoms with Crippen LogP contribution in [-0.4, -0.2) is 21.6 Å². The Morgan fingerprint density at radius 2 is 2.14 bits per heavy atom. The molecule has 0 spiro atoms. The second-order valence-corrected chi connectivity index (χ2v) is 4.96. The van der Waals surface area contributed by atoms with Gasteiger partial charge in [-0.15, -0.1) is 11.8 Å². The zero-order valence-corrected chi connectivity index (χ0v) is 8.70. The van der Waals surface area contributed by atoms with Crippen LogP contribution in [0.25, 0.3) is 0 Å². The van der Waals surface area contributed by atoms with E-state index in [-0.39, 0.29) is 6.10 Å². The van der Waals surface area contributed by atoms with E-state index in [0.717, 1.165) is 24.2 Å². The van der Waals surface area contributed by atoms with Gasteiger partial charge in [-0.2, -0.15) is 0 Å². The predicted octanol–water partition coefficient (Wildman–Crippen LogP) is 2.40. The van der Waals surface area contributed by atoms with Gasteiger partial charge in [-0.25, -0.2) is 0 Å². The molecule has 14 heavy (non-hydrogen) atoms. The Bertz CT molecular complexity index is 314. The molecule has 0 aliphatic heterocycles. The molecule has 0 aromatic heterocycles. The summed E-state index contributed by atoms with van der Waals surface area (Å²) in [6.07, 6.45) is 2.91. The molecule has 0 saturated heterocycles. The highest BCUT2D eigenvalue weighted by Gasteiger charge is 2.25. The van der Waals surface area contributed by atoms with E-state index < -0.39 is 0 Å². The summed E-state index contributed by atoms with van der Waals surface area (Å²) in [7, 11) is 0. The Morgan fingerprint density at radius 3 is 2.79 bits per heavy atom. The van der Waals surface area contributed by atoms with Gasteiger partial charge in [-0.1, -0.05) is 6.07 Å². The smallest absolute Gasteiger partial charge is 0.116 e. The lowest BCUT2D eigenvalue weighted by Crippen LogP contribution is -2.14. The minimum Gasteiger partial charge on any atom is -0.508 e. The van der Waals surface area contributed by atoms with E-state index in [0.29, 0.717) is 11.0 Å². The van der Waals surface area contributed by atoms with Gasteiger partial charge in [-0.3, -0.25) is 0 Å². The zero-order valence-electron chi connectivity index (χ0n) is 7.89. The number of aliphatic hydroxyl groups is 1. The third-order valence-electron chi connectivity index (χ3n) is 2.52. The van der Waals surface area contributed by atoms with E-state index >= 15 is 0 Å². The monoisotopic (exact) mass is 210 g/mol. The maximum absolute atomic E-state index is 9.64. The first-order valence-corrected chi connectivity index (χ1v) is 5.77. The Hall–Kier alpha value is -0.670. The summed E-state index contributed by atoms with van der Waals surface area (Å²) in [6.45, 7) is 0. The van der Waals surface area contributed by atoms with Gasteiger partial charge in [0.1, 0.15) is 5.75 Å². The van der Waals surface area contributed by atoms with E-state index in [9.17, 15) is 10.2 Å². The van der Waals surface area contributed by atoms with Crippen LogP contribution in [0.4, 0.5) is 0 Å². The molecule has 2 nitrogen and oxygen atoms in total. The number of phenols is 1. The van der Waals surface area contributed by atoms with Gasteiger partial charge in [0.2, 0.25) is 0 Å². The quantitative estimate of drug-likeness (QED) is 0.787. The van der Waals surface area contributed by atoms with Crippen LogP contribution in [0, 0.1) is 0 Å². The van der Waals surface area contributed by atoms with Crippen molar-refractivity contribution in [3.05, 3.63) is 24.3 Å². The van der Waals surface area contributed by atoms with E-state index in [2.05, 4.69) is 0 Å². The maximum atomic E-state index is 9.64. The third-order valence-corrected chi connectivity index (χ3v) is 3.90. The van der Waals surface area contributed by atoms with Crippen molar-refractivity contribution in [1.82, 2.24) is 0 Å². The first-order chi connectivity index (χ1) is 6.75. The normalized spacial score (nSPS) is 26.6. The molecule has 1 aliphatic rings. The summed E-state index contributed by atoms with van der Waals surface area (Å²) in [5.74, 6) is 0.294. The van der Waals surface area contributed by atoms with Crippen molar-refractivity contribution in [1.29, 1.82) is 0 Å². The number of benzene rings is 1. The largest absolute Gasteiger partial charge is 0.508 e. The average molecular weight is 210 g/mol. The lowest BCUT2D eigenvalue weighted by atomic mass is 10.3. The molecule has 1 fully saturated rings. The number of aliphatic hydroxyl groups excluding tert-OH is 1. The summed E-state index contributed by atoms with van der Waals surface area (Å²) >= 11 is 1.66. The Balaban J connectivity index is 2.03. The predicted molar refractivity (Wildman–Crippen MR) is 57.6 cm³/mol. The molecule has 2 rings (SSSR count). The van der Waals surface area contributed by atoms with Crippen molar-refractivity contribution >= 4 is 11.8 Å². The number of hydrogen-bond acceptors (Lipinski definition) is 3. The minimum atomic E-state index is -0.178. The molecule has 1 aliphatic carbocycles. The van der Waals surface area contributed by atoms with Crippen molar-refractivity contribution in [2.45, 2.75) is 35.5 Å². The Kier molecular flexibility index (Phi) is 2.99. The highest BCUT2D eigenvalue weighted by molar-refractivity contribution is 8.00. The van der Waals surface area contributed by atoms with Crippen LogP contribution in [-0.2, 0) is 0 Å². The second-order valence-electron chi connectivity index (χ2n) is 3.65. The molecule has 0 amide bonds. The number of hydrogen-bond donors (Lipinski definition) is 2. The zero-order chi connectivity index (χ0) is 9.97. The SMILES string of the molecule is Oc1cccc(SC2CCCC2O)c1. The minimum absolute atomic E-state index is 0.178. The summed E-state index contributed by atoms with van der Waals surface area (Å²) in [4.78, 5) is 1.04. The van der Waals surface area contributed by atoms with Gasteiger partial charge in [0, 0.05) is 10.1 Å². The molecule has 1 saturated carbocycles. The van der Waals surface area contributed by atoms with Crippen molar-refractivity contribution in [2.75, 3.05) is 0 Å². The van der Waals surface area contributed by atoms with Gasteiger partial charge < -0.3 is 10.2 Å². The van der Waals surface area contributed by atoms with Gasteiger partial charge in [0.05, 0.1) is 6.10 Å². The van der Waals surface area contributed by atoms with E-state index in [1.807, 2.05) is 12.1 Å². The molecule has 2 N–H and O–H groups in total. The summed E-state index contributed by atoms with van der Waals surface area (Å²) in [5.41, 5.74) is 0. The number of phenolic OH excluding ortho intramolecular Hbond substituents is 1. The molecule has 1 aromatic carbocycles. The molecule has 0 heterocycles. The van der Waals surface area contributed by atoms with Crippen LogP contribution >= 0.6 is 11.8 Å². The Labute approximate surface area is 88.0 Å². The van der Waals surface area contributed by atoms with Gasteiger partial charge >= 0.3 is 0 Å². The van der Waals surface area contributed by atoms with Crippen LogP contribution < -0.4 is 0 Å². The summed E-state index contributed by atoms with van der Waals surface area (Å²) < 4.78 is 0. The Morgan fingerprint density at radius 1 is 1.29 bits per heavy atom. The van der Waals surface area contributed by atoms with Gasteiger partial charge in [0.25, 0.3) is 0 Å². The molecular formula is C11H14O2S. The maximum Gasteiger partial charge on any atom is 0.116 e. The van der Waals surface area contributed by atoms with E-state index in [1.54, 1.807) is 23.9 Å². The number of aromatic hydroxyl groups is 1. The average Bonchev–Trinajstić information content (AvgIpc) is 2.52. The van der Waals surface area contributed by atoms with E-state index in [4.69, 9.17) is 0 Å². The highest BCUT2D eigenvalue weighted by Crippen LogP contribution is 2.35. The lowest BCUT2D eigenvalue weighted by molar-refractivity contribution is 0.188.